The zero-order valence-corrected chi connectivity index (χ0v) is 13.0. The molecule has 0 saturated heterocycles. The van der Waals surface area contributed by atoms with Crippen molar-refractivity contribution in [2.24, 2.45) is 5.14 Å². The molecule has 0 fully saturated rings. The van der Waals surface area contributed by atoms with Crippen LogP contribution in [0.15, 0.2) is 56.0 Å². The van der Waals surface area contributed by atoms with Gasteiger partial charge in [0.05, 0.1) is 31.8 Å². The van der Waals surface area contributed by atoms with Crippen LogP contribution in [-0.4, -0.2) is 13.4 Å². The molecule has 0 aliphatic heterocycles. The summed E-state index contributed by atoms with van der Waals surface area (Å²) in [6, 6.07) is 7.25. The van der Waals surface area contributed by atoms with Crippen LogP contribution in [0.3, 0.4) is 0 Å². The molecule has 3 heterocycles. The molecule has 0 radical (unpaired) electrons. The van der Waals surface area contributed by atoms with Gasteiger partial charge in [-0.2, -0.15) is 0 Å². The van der Waals surface area contributed by atoms with Gasteiger partial charge in [-0.3, -0.25) is 0 Å². The normalized spacial score (nSPS) is 11.7. The minimum atomic E-state index is -3.76. The molecule has 9 heteroatoms. The third-order valence-electron chi connectivity index (χ3n) is 2.88. The summed E-state index contributed by atoms with van der Waals surface area (Å²) in [5.41, 5.74) is 0. The highest BCUT2D eigenvalue weighted by atomic mass is 32.2. The van der Waals surface area contributed by atoms with E-state index >= 15 is 0 Å². The second-order valence-electron chi connectivity index (χ2n) is 4.52. The summed E-state index contributed by atoms with van der Waals surface area (Å²) < 4.78 is 33.5. The van der Waals surface area contributed by atoms with E-state index in [9.17, 15) is 8.42 Å². The molecule has 116 valence electrons. The molecule has 0 aliphatic rings. The number of hydrogen-bond donors (Lipinski definition) is 1. The minimum absolute atomic E-state index is 0.0198. The maximum absolute atomic E-state index is 11.4. The molecule has 0 spiro atoms. The van der Waals surface area contributed by atoms with Gasteiger partial charge in [0.1, 0.15) is 11.5 Å². The van der Waals surface area contributed by atoms with Crippen LogP contribution >= 0.6 is 11.3 Å². The van der Waals surface area contributed by atoms with Crippen LogP contribution in [0, 0.1) is 0 Å². The van der Waals surface area contributed by atoms with E-state index in [2.05, 4.69) is 4.98 Å². The largest absolute Gasteiger partial charge is 0.467 e. The Balaban J connectivity index is 1.88. The van der Waals surface area contributed by atoms with Gasteiger partial charge in [0.15, 0.2) is 9.34 Å². The van der Waals surface area contributed by atoms with E-state index in [4.69, 9.17) is 14.0 Å². The lowest BCUT2D eigenvalue weighted by Gasteiger charge is -2.19. The molecule has 7 nitrogen and oxygen atoms in total. The smallest absolute Gasteiger partial charge is 0.249 e. The van der Waals surface area contributed by atoms with Crippen molar-refractivity contribution in [2.45, 2.75) is 17.3 Å². The number of rotatable bonds is 6. The van der Waals surface area contributed by atoms with Crippen LogP contribution in [0.25, 0.3) is 0 Å². The van der Waals surface area contributed by atoms with Crippen LogP contribution in [-0.2, 0) is 23.1 Å². The first kappa shape index (κ1) is 14.8. The van der Waals surface area contributed by atoms with Crippen molar-refractivity contribution in [1.82, 2.24) is 4.98 Å². The van der Waals surface area contributed by atoms with Crippen molar-refractivity contribution in [3.05, 3.63) is 54.5 Å². The molecule has 3 aromatic rings. The number of sulfonamides is 1. The Morgan fingerprint density at radius 3 is 2.14 bits per heavy atom. The summed E-state index contributed by atoms with van der Waals surface area (Å²) in [6.45, 7) is 0.872. The number of aromatic nitrogens is 1. The molecule has 0 unspecified atom stereocenters. The van der Waals surface area contributed by atoms with Crippen LogP contribution in [0.5, 0.6) is 0 Å². The maximum atomic E-state index is 11.4. The predicted molar refractivity (Wildman–Crippen MR) is 80.8 cm³/mol. The third kappa shape index (κ3) is 3.38. The van der Waals surface area contributed by atoms with E-state index < -0.39 is 10.0 Å². The Morgan fingerprint density at radius 1 is 1.14 bits per heavy atom. The first-order valence-corrected chi connectivity index (χ1v) is 8.67. The van der Waals surface area contributed by atoms with Crippen molar-refractivity contribution >= 4 is 26.5 Å². The fourth-order valence-corrected chi connectivity index (χ4v) is 3.44. The van der Waals surface area contributed by atoms with E-state index in [1.807, 2.05) is 17.0 Å². The molecule has 0 saturated carbocycles. The summed E-state index contributed by atoms with van der Waals surface area (Å²) in [6.07, 6.45) is 4.42. The average molecular weight is 339 g/mol. The summed E-state index contributed by atoms with van der Waals surface area (Å²) in [4.78, 5) is 6.00. The SMILES string of the molecule is NS(=O)(=O)c1cnc(N(Cc2ccco2)Cc2ccco2)s1. The lowest BCUT2D eigenvalue weighted by atomic mass is 10.3. The number of hydrogen-bond acceptors (Lipinski definition) is 7. The number of anilines is 1. The molecule has 22 heavy (non-hydrogen) atoms. The number of furan rings is 2. The van der Waals surface area contributed by atoms with Crippen molar-refractivity contribution in [3.8, 4) is 0 Å². The van der Waals surface area contributed by atoms with Gasteiger partial charge in [0.25, 0.3) is 0 Å². The van der Waals surface area contributed by atoms with Gasteiger partial charge in [0, 0.05) is 0 Å². The van der Waals surface area contributed by atoms with Gasteiger partial charge in [0.2, 0.25) is 10.0 Å². The number of nitrogens with zero attached hydrogens (tertiary/aromatic N) is 2. The lowest BCUT2D eigenvalue weighted by Crippen LogP contribution is -2.21. The highest BCUT2D eigenvalue weighted by Crippen LogP contribution is 2.28. The highest BCUT2D eigenvalue weighted by molar-refractivity contribution is 7.91. The quantitative estimate of drug-likeness (QED) is 0.738. The van der Waals surface area contributed by atoms with E-state index in [-0.39, 0.29) is 4.21 Å². The summed E-state index contributed by atoms with van der Waals surface area (Å²) in [5, 5.41) is 5.65. The summed E-state index contributed by atoms with van der Waals surface area (Å²) in [5.74, 6) is 1.47. The van der Waals surface area contributed by atoms with Crippen LogP contribution < -0.4 is 10.0 Å². The molecular formula is C13H13N3O4S2. The van der Waals surface area contributed by atoms with Gasteiger partial charge in [-0.05, 0) is 24.3 Å². The number of thiazole rings is 1. The molecule has 0 bridgehead atoms. The van der Waals surface area contributed by atoms with Crippen LogP contribution in [0.4, 0.5) is 5.13 Å². The summed E-state index contributed by atoms with van der Waals surface area (Å²) >= 11 is 1.01. The Morgan fingerprint density at radius 2 is 1.73 bits per heavy atom. The Bertz CT molecular complexity index is 786. The number of primary sulfonamides is 1. The van der Waals surface area contributed by atoms with E-state index in [1.54, 1.807) is 24.7 Å². The second-order valence-corrected chi connectivity index (χ2v) is 7.32. The minimum Gasteiger partial charge on any atom is -0.467 e. The van der Waals surface area contributed by atoms with E-state index in [0.29, 0.717) is 18.2 Å². The van der Waals surface area contributed by atoms with E-state index in [1.165, 1.54) is 6.20 Å². The molecule has 0 amide bonds. The van der Waals surface area contributed by atoms with Crippen LogP contribution in [0.1, 0.15) is 11.5 Å². The van der Waals surface area contributed by atoms with Crippen molar-refractivity contribution in [3.63, 3.8) is 0 Å². The standard InChI is InChI=1S/C13H13N3O4S2/c14-22(17,18)12-7-15-13(21-12)16(8-10-3-1-5-19-10)9-11-4-2-6-20-11/h1-7H,8-9H2,(H2,14,17,18). The van der Waals surface area contributed by atoms with Crippen molar-refractivity contribution < 1.29 is 17.3 Å². The Labute approximate surface area is 131 Å². The Hall–Kier alpha value is -2.10. The first-order chi connectivity index (χ1) is 10.5. The monoisotopic (exact) mass is 339 g/mol. The van der Waals surface area contributed by atoms with Gasteiger partial charge < -0.3 is 13.7 Å². The molecular weight excluding hydrogens is 326 g/mol. The fraction of sp³-hybridized carbons (Fsp3) is 0.154. The van der Waals surface area contributed by atoms with Gasteiger partial charge >= 0.3 is 0 Å². The topological polar surface area (TPSA) is 103 Å². The molecule has 0 atom stereocenters. The van der Waals surface area contributed by atoms with Crippen molar-refractivity contribution in [2.75, 3.05) is 4.90 Å². The van der Waals surface area contributed by atoms with Gasteiger partial charge in [-0.15, -0.1) is 0 Å². The van der Waals surface area contributed by atoms with Gasteiger partial charge in [-0.1, -0.05) is 11.3 Å². The molecule has 2 N–H and O–H groups in total. The van der Waals surface area contributed by atoms with E-state index in [0.717, 1.165) is 22.9 Å². The molecule has 3 aromatic heterocycles. The third-order valence-corrected chi connectivity index (χ3v) is 5.34. The molecule has 0 aliphatic carbocycles. The number of nitrogens with two attached hydrogens (primary N) is 1. The first-order valence-electron chi connectivity index (χ1n) is 6.31. The average Bonchev–Trinajstić information content (AvgIpc) is 3.20. The van der Waals surface area contributed by atoms with Gasteiger partial charge in [-0.25, -0.2) is 18.5 Å². The predicted octanol–water partition coefficient (Wildman–Crippen LogP) is 2.18. The molecule has 3 rings (SSSR count). The fourth-order valence-electron chi connectivity index (χ4n) is 1.90. The molecule has 0 aromatic carbocycles. The lowest BCUT2D eigenvalue weighted by molar-refractivity contribution is 0.476. The second kappa shape index (κ2) is 5.95. The zero-order chi connectivity index (χ0) is 15.6. The van der Waals surface area contributed by atoms with Crippen molar-refractivity contribution in [1.29, 1.82) is 0 Å². The zero-order valence-electron chi connectivity index (χ0n) is 11.4. The highest BCUT2D eigenvalue weighted by Gasteiger charge is 2.19. The Kier molecular flexibility index (Phi) is 4.01. The van der Waals surface area contributed by atoms with Crippen LogP contribution in [0.2, 0.25) is 0 Å². The summed E-state index contributed by atoms with van der Waals surface area (Å²) in [7, 11) is -3.76. The maximum Gasteiger partial charge on any atom is 0.249 e.